The molecule has 0 aromatic heterocycles. The number of ether oxygens (including phenoxy) is 3. The van der Waals surface area contributed by atoms with E-state index in [1.807, 2.05) is 12.1 Å². The van der Waals surface area contributed by atoms with Gasteiger partial charge in [0.25, 0.3) is 0 Å². The Balaban J connectivity index is 1.59. The molecule has 7 nitrogen and oxygen atoms in total. The third-order valence-electron chi connectivity index (χ3n) is 4.21. The molecule has 1 atom stereocenters. The number of benzene rings is 2. The van der Waals surface area contributed by atoms with E-state index in [9.17, 15) is 9.90 Å². The zero-order valence-corrected chi connectivity index (χ0v) is 14.7. The second kappa shape index (κ2) is 7.97. The summed E-state index contributed by atoms with van der Waals surface area (Å²) in [6.07, 6.45) is 0.0262. The van der Waals surface area contributed by atoms with Crippen LogP contribution < -0.4 is 24.8 Å². The Morgan fingerprint density at radius 1 is 1.27 bits per heavy atom. The van der Waals surface area contributed by atoms with Gasteiger partial charge in [0.2, 0.25) is 0 Å². The van der Waals surface area contributed by atoms with Crippen LogP contribution in [-0.4, -0.2) is 38.5 Å². The van der Waals surface area contributed by atoms with E-state index in [1.54, 1.807) is 24.3 Å². The van der Waals surface area contributed by atoms with Crippen molar-refractivity contribution in [3.8, 4) is 17.2 Å². The van der Waals surface area contributed by atoms with E-state index >= 15 is 0 Å². The highest BCUT2D eigenvalue weighted by molar-refractivity contribution is 5.91. The van der Waals surface area contributed by atoms with Crippen LogP contribution in [0.2, 0.25) is 0 Å². The van der Waals surface area contributed by atoms with Crippen LogP contribution in [0.15, 0.2) is 36.4 Å². The largest absolute Gasteiger partial charge is 0.493 e. The van der Waals surface area contributed by atoms with Gasteiger partial charge in [0.15, 0.2) is 11.5 Å². The lowest BCUT2D eigenvalue weighted by atomic mass is 10.0. The maximum Gasteiger partial charge on any atom is 0.319 e. The van der Waals surface area contributed by atoms with E-state index < -0.39 is 12.1 Å². The topological polar surface area (TPSA) is 89.1 Å². The normalized spacial score (nSPS) is 13.3. The fourth-order valence-electron chi connectivity index (χ4n) is 2.87. The predicted octanol–water partition coefficient (Wildman–Crippen LogP) is 2.49. The van der Waals surface area contributed by atoms with Gasteiger partial charge in [0.05, 0.1) is 32.6 Å². The number of anilines is 1. The SMILES string of the molecule is COc1cccc(NC(=O)NCC(O)c2ccc3c(c2)CCO3)c1OC. The van der Waals surface area contributed by atoms with Crippen LogP contribution in [0, 0.1) is 0 Å². The molecule has 0 spiro atoms. The number of carbonyl (C=O) groups is 1. The van der Waals surface area contributed by atoms with Crippen molar-refractivity contribution >= 4 is 11.7 Å². The Labute approximate surface area is 151 Å². The Morgan fingerprint density at radius 2 is 2.12 bits per heavy atom. The van der Waals surface area contributed by atoms with Gasteiger partial charge in [-0.1, -0.05) is 12.1 Å². The minimum Gasteiger partial charge on any atom is -0.493 e. The lowest BCUT2D eigenvalue weighted by Gasteiger charge is -2.16. The number of fused-ring (bicyclic) bond motifs is 1. The number of methoxy groups -OCH3 is 2. The summed E-state index contributed by atoms with van der Waals surface area (Å²) in [5, 5.41) is 15.7. The zero-order valence-electron chi connectivity index (χ0n) is 14.7. The average molecular weight is 358 g/mol. The molecule has 1 aliphatic rings. The minimum atomic E-state index is -0.807. The fraction of sp³-hybridized carbons (Fsp3) is 0.316. The number of para-hydroxylation sites is 1. The maximum absolute atomic E-state index is 12.2. The summed E-state index contributed by atoms with van der Waals surface area (Å²) in [5.74, 6) is 1.81. The zero-order chi connectivity index (χ0) is 18.5. The Bertz CT molecular complexity index is 793. The number of nitrogens with one attached hydrogen (secondary N) is 2. The molecule has 3 N–H and O–H groups in total. The second-order valence-electron chi connectivity index (χ2n) is 5.86. The summed E-state index contributed by atoms with van der Waals surface area (Å²) >= 11 is 0. The van der Waals surface area contributed by atoms with Crippen molar-refractivity contribution in [3.63, 3.8) is 0 Å². The molecule has 2 aromatic rings. The Kier molecular flexibility index (Phi) is 5.48. The first kappa shape index (κ1) is 17.9. The maximum atomic E-state index is 12.2. The number of urea groups is 1. The number of hydrogen-bond acceptors (Lipinski definition) is 5. The smallest absolute Gasteiger partial charge is 0.319 e. The van der Waals surface area contributed by atoms with Crippen molar-refractivity contribution in [2.24, 2.45) is 0 Å². The third kappa shape index (κ3) is 3.83. The van der Waals surface area contributed by atoms with E-state index in [0.717, 1.165) is 23.3 Å². The average Bonchev–Trinajstić information content (AvgIpc) is 3.13. The number of hydrogen-bond donors (Lipinski definition) is 3. The Hall–Kier alpha value is -2.93. The van der Waals surface area contributed by atoms with E-state index in [-0.39, 0.29) is 6.54 Å². The number of aliphatic hydroxyl groups excluding tert-OH is 1. The van der Waals surface area contributed by atoms with Crippen LogP contribution >= 0.6 is 0 Å². The standard InChI is InChI=1S/C19H22N2O5/c1-24-17-5-3-4-14(18(17)25-2)21-19(23)20-11-15(22)12-6-7-16-13(10-12)8-9-26-16/h3-7,10,15,22H,8-9,11H2,1-2H3,(H2,20,21,23). The van der Waals surface area contributed by atoms with Gasteiger partial charge < -0.3 is 30.0 Å². The molecule has 3 rings (SSSR count). The number of rotatable bonds is 6. The van der Waals surface area contributed by atoms with Gasteiger partial charge in [-0.25, -0.2) is 4.79 Å². The summed E-state index contributed by atoms with van der Waals surface area (Å²) in [4.78, 5) is 12.2. The molecule has 0 radical (unpaired) electrons. The van der Waals surface area contributed by atoms with Gasteiger partial charge in [-0.3, -0.25) is 0 Å². The molecule has 1 heterocycles. The van der Waals surface area contributed by atoms with E-state index in [0.29, 0.717) is 23.8 Å². The fourth-order valence-corrected chi connectivity index (χ4v) is 2.87. The molecule has 7 heteroatoms. The van der Waals surface area contributed by atoms with Crippen LogP contribution in [0.5, 0.6) is 17.2 Å². The molecule has 0 aliphatic carbocycles. The molecule has 138 valence electrons. The van der Waals surface area contributed by atoms with Crippen molar-refractivity contribution in [3.05, 3.63) is 47.5 Å². The van der Waals surface area contributed by atoms with Gasteiger partial charge in [-0.05, 0) is 35.4 Å². The highest BCUT2D eigenvalue weighted by Gasteiger charge is 2.17. The van der Waals surface area contributed by atoms with Crippen molar-refractivity contribution in [2.75, 3.05) is 32.7 Å². The summed E-state index contributed by atoms with van der Waals surface area (Å²) < 4.78 is 15.9. The quantitative estimate of drug-likeness (QED) is 0.738. The molecule has 1 aliphatic heterocycles. The molecule has 0 bridgehead atoms. The van der Waals surface area contributed by atoms with E-state index in [2.05, 4.69) is 10.6 Å². The van der Waals surface area contributed by atoms with Crippen LogP contribution in [0.25, 0.3) is 0 Å². The predicted molar refractivity (Wildman–Crippen MR) is 97.2 cm³/mol. The molecule has 0 saturated heterocycles. The molecular formula is C19H22N2O5. The van der Waals surface area contributed by atoms with Crippen molar-refractivity contribution in [1.29, 1.82) is 0 Å². The highest BCUT2D eigenvalue weighted by atomic mass is 16.5. The van der Waals surface area contributed by atoms with E-state index in [4.69, 9.17) is 14.2 Å². The van der Waals surface area contributed by atoms with Crippen LogP contribution in [-0.2, 0) is 6.42 Å². The van der Waals surface area contributed by atoms with Crippen LogP contribution in [0.4, 0.5) is 10.5 Å². The van der Waals surface area contributed by atoms with Crippen molar-refractivity contribution < 1.29 is 24.1 Å². The van der Waals surface area contributed by atoms with Gasteiger partial charge in [0, 0.05) is 13.0 Å². The molecular weight excluding hydrogens is 336 g/mol. The molecule has 0 fully saturated rings. The first-order chi connectivity index (χ1) is 12.6. The van der Waals surface area contributed by atoms with Gasteiger partial charge in [-0.2, -0.15) is 0 Å². The van der Waals surface area contributed by atoms with Gasteiger partial charge in [0.1, 0.15) is 5.75 Å². The molecule has 2 amide bonds. The second-order valence-corrected chi connectivity index (χ2v) is 5.86. The van der Waals surface area contributed by atoms with Crippen molar-refractivity contribution in [2.45, 2.75) is 12.5 Å². The molecule has 0 saturated carbocycles. The van der Waals surface area contributed by atoms with Gasteiger partial charge >= 0.3 is 6.03 Å². The van der Waals surface area contributed by atoms with Gasteiger partial charge in [-0.15, -0.1) is 0 Å². The van der Waals surface area contributed by atoms with Crippen LogP contribution in [0.1, 0.15) is 17.2 Å². The summed E-state index contributed by atoms with van der Waals surface area (Å²) in [6, 6.07) is 10.3. The first-order valence-corrected chi connectivity index (χ1v) is 8.32. The number of amides is 2. The van der Waals surface area contributed by atoms with E-state index in [1.165, 1.54) is 14.2 Å². The minimum absolute atomic E-state index is 0.0811. The molecule has 26 heavy (non-hydrogen) atoms. The van der Waals surface area contributed by atoms with Crippen molar-refractivity contribution in [1.82, 2.24) is 5.32 Å². The number of carbonyl (C=O) groups excluding carboxylic acids is 1. The summed E-state index contributed by atoms with van der Waals surface area (Å²) in [5.41, 5.74) is 2.30. The van der Waals surface area contributed by atoms with Crippen LogP contribution in [0.3, 0.4) is 0 Å². The monoisotopic (exact) mass is 358 g/mol. The lowest BCUT2D eigenvalue weighted by molar-refractivity contribution is 0.175. The first-order valence-electron chi connectivity index (χ1n) is 8.32. The molecule has 2 aromatic carbocycles. The number of aliphatic hydroxyl groups is 1. The highest BCUT2D eigenvalue weighted by Crippen LogP contribution is 2.34. The molecule has 1 unspecified atom stereocenters. The summed E-state index contributed by atoms with van der Waals surface area (Å²) in [6.45, 7) is 0.746. The lowest BCUT2D eigenvalue weighted by Crippen LogP contribution is -2.32. The summed E-state index contributed by atoms with van der Waals surface area (Å²) in [7, 11) is 3.03. The Morgan fingerprint density at radius 3 is 2.88 bits per heavy atom. The third-order valence-corrected chi connectivity index (χ3v) is 4.21.